The van der Waals surface area contributed by atoms with Crippen LogP contribution >= 0.6 is 0 Å². The SMILES string of the molecule is C=CCNC(=NCc1ccc(OCCC)nc1)NCC. The zero-order valence-electron chi connectivity index (χ0n) is 12.4. The molecule has 1 rings (SSSR count). The average molecular weight is 276 g/mol. The predicted molar refractivity (Wildman–Crippen MR) is 83.0 cm³/mol. The molecular weight excluding hydrogens is 252 g/mol. The van der Waals surface area contributed by atoms with Crippen LogP contribution in [0.4, 0.5) is 0 Å². The summed E-state index contributed by atoms with van der Waals surface area (Å²) in [6.07, 6.45) is 4.58. The Morgan fingerprint density at radius 2 is 2.25 bits per heavy atom. The van der Waals surface area contributed by atoms with E-state index in [1.807, 2.05) is 19.1 Å². The van der Waals surface area contributed by atoms with E-state index in [2.05, 4.69) is 34.1 Å². The van der Waals surface area contributed by atoms with Crippen molar-refractivity contribution in [2.45, 2.75) is 26.8 Å². The highest BCUT2D eigenvalue weighted by atomic mass is 16.5. The molecule has 0 radical (unpaired) electrons. The first-order valence-corrected chi connectivity index (χ1v) is 7.01. The second kappa shape index (κ2) is 9.83. The summed E-state index contributed by atoms with van der Waals surface area (Å²) in [5.41, 5.74) is 1.05. The maximum Gasteiger partial charge on any atom is 0.213 e. The second-order valence-electron chi connectivity index (χ2n) is 4.22. The van der Waals surface area contributed by atoms with Crippen LogP contribution in [0.3, 0.4) is 0 Å². The molecule has 0 saturated carbocycles. The van der Waals surface area contributed by atoms with Crippen molar-refractivity contribution in [3.05, 3.63) is 36.5 Å². The molecule has 0 fully saturated rings. The van der Waals surface area contributed by atoms with Gasteiger partial charge in [0, 0.05) is 25.4 Å². The van der Waals surface area contributed by atoms with Crippen molar-refractivity contribution in [1.29, 1.82) is 0 Å². The van der Waals surface area contributed by atoms with Gasteiger partial charge in [-0.05, 0) is 18.9 Å². The van der Waals surface area contributed by atoms with Crippen LogP contribution in [0.5, 0.6) is 5.88 Å². The van der Waals surface area contributed by atoms with Crippen molar-refractivity contribution >= 4 is 5.96 Å². The first kappa shape index (κ1) is 16.0. The molecule has 0 aliphatic rings. The van der Waals surface area contributed by atoms with E-state index in [1.54, 1.807) is 12.3 Å². The summed E-state index contributed by atoms with van der Waals surface area (Å²) < 4.78 is 5.44. The van der Waals surface area contributed by atoms with Crippen LogP contribution in [0, 0.1) is 0 Å². The topological polar surface area (TPSA) is 58.5 Å². The van der Waals surface area contributed by atoms with E-state index in [9.17, 15) is 0 Å². The Labute approximate surface area is 121 Å². The molecule has 110 valence electrons. The summed E-state index contributed by atoms with van der Waals surface area (Å²) in [5, 5.41) is 6.33. The number of nitrogens with zero attached hydrogens (tertiary/aromatic N) is 2. The fourth-order valence-corrected chi connectivity index (χ4v) is 1.48. The molecule has 5 heteroatoms. The lowest BCUT2D eigenvalue weighted by molar-refractivity contribution is 0.305. The normalized spacial score (nSPS) is 11.0. The number of ether oxygens (including phenoxy) is 1. The molecule has 0 aliphatic carbocycles. The summed E-state index contributed by atoms with van der Waals surface area (Å²) in [5.74, 6) is 1.44. The van der Waals surface area contributed by atoms with E-state index in [0.717, 1.165) is 24.5 Å². The minimum absolute atomic E-state index is 0.577. The lowest BCUT2D eigenvalue weighted by Crippen LogP contribution is -2.37. The highest BCUT2D eigenvalue weighted by molar-refractivity contribution is 5.79. The van der Waals surface area contributed by atoms with Gasteiger partial charge in [0.15, 0.2) is 5.96 Å². The molecule has 20 heavy (non-hydrogen) atoms. The quantitative estimate of drug-likeness (QED) is 0.434. The van der Waals surface area contributed by atoms with E-state index in [0.29, 0.717) is 25.6 Å². The largest absolute Gasteiger partial charge is 0.478 e. The summed E-state index contributed by atoms with van der Waals surface area (Å²) in [7, 11) is 0. The van der Waals surface area contributed by atoms with Crippen LogP contribution in [0.1, 0.15) is 25.8 Å². The number of hydrogen-bond donors (Lipinski definition) is 2. The van der Waals surface area contributed by atoms with Crippen LogP contribution < -0.4 is 15.4 Å². The number of hydrogen-bond acceptors (Lipinski definition) is 3. The Hall–Kier alpha value is -2.04. The summed E-state index contributed by atoms with van der Waals surface area (Å²) in [6, 6.07) is 3.86. The third kappa shape index (κ3) is 6.22. The van der Waals surface area contributed by atoms with Gasteiger partial charge in [0.1, 0.15) is 0 Å². The summed E-state index contributed by atoms with van der Waals surface area (Å²) >= 11 is 0. The Bertz CT molecular complexity index is 414. The molecule has 0 amide bonds. The molecular formula is C15H24N4O. The molecule has 0 saturated heterocycles. The van der Waals surface area contributed by atoms with Crippen LogP contribution in [-0.2, 0) is 6.54 Å². The number of nitrogens with one attached hydrogen (secondary N) is 2. The van der Waals surface area contributed by atoms with Gasteiger partial charge in [-0.25, -0.2) is 9.98 Å². The van der Waals surface area contributed by atoms with Crippen molar-refractivity contribution in [3.8, 4) is 5.88 Å². The van der Waals surface area contributed by atoms with E-state index >= 15 is 0 Å². The van der Waals surface area contributed by atoms with Crippen molar-refractivity contribution in [2.75, 3.05) is 19.7 Å². The Morgan fingerprint density at radius 1 is 1.40 bits per heavy atom. The van der Waals surface area contributed by atoms with Crippen molar-refractivity contribution < 1.29 is 4.74 Å². The molecule has 0 aromatic carbocycles. The van der Waals surface area contributed by atoms with E-state index in [1.165, 1.54) is 0 Å². The van der Waals surface area contributed by atoms with Gasteiger partial charge in [0.25, 0.3) is 0 Å². The maximum absolute atomic E-state index is 5.44. The van der Waals surface area contributed by atoms with Gasteiger partial charge in [0.2, 0.25) is 5.88 Å². The van der Waals surface area contributed by atoms with Crippen molar-refractivity contribution in [3.63, 3.8) is 0 Å². The minimum Gasteiger partial charge on any atom is -0.478 e. The second-order valence-corrected chi connectivity index (χ2v) is 4.22. The first-order valence-electron chi connectivity index (χ1n) is 7.01. The highest BCUT2D eigenvalue weighted by Crippen LogP contribution is 2.08. The Morgan fingerprint density at radius 3 is 2.85 bits per heavy atom. The van der Waals surface area contributed by atoms with Crippen LogP contribution in [0.25, 0.3) is 0 Å². The van der Waals surface area contributed by atoms with Gasteiger partial charge in [-0.1, -0.05) is 19.1 Å². The molecule has 0 atom stereocenters. The lowest BCUT2D eigenvalue weighted by Gasteiger charge is -2.09. The molecule has 0 unspecified atom stereocenters. The number of aromatic nitrogens is 1. The number of rotatable bonds is 8. The van der Waals surface area contributed by atoms with Gasteiger partial charge in [-0.2, -0.15) is 0 Å². The summed E-state index contributed by atoms with van der Waals surface area (Å²) in [6.45, 7) is 10.6. The van der Waals surface area contributed by atoms with E-state index in [4.69, 9.17) is 4.74 Å². The van der Waals surface area contributed by atoms with Gasteiger partial charge in [0.05, 0.1) is 13.2 Å². The third-order valence-electron chi connectivity index (χ3n) is 2.43. The maximum atomic E-state index is 5.44. The zero-order valence-corrected chi connectivity index (χ0v) is 12.4. The van der Waals surface area contributed by atoms with Crippen LogP contribution in [-0.4, -0.2) is 30.6 Å². The predicted octanol–water partition coefficient (Wildman–Crippen LogP) is 2.11. The lowest BCUT2D eigenvalue weighted by atomic mass is 10.3. The molecule has 1 aromatic heterocycles. The highest BCUT2D eigenvalue weighted by Gasteiger charge is 1.98. The fraction of sp³-hybridized carbons (Fsp3) is 0.467. The molecule has 5 nitrogen and oxygen atoms in total. The minimum atomic E-state index is 0.577. The van der Waals surface area contributed by atoms with Crippen molar-refractivity contribution in [1.82, 2.24) is 15.6 Å². The zero-order chi connectivity index (χ0) is 14.6. The monoisotopic (exact) mass is 276 g/mol. The van der Waals surface area contributed by atoms with Crippen molar-refractivity contribution in [2.24, 2.45) is 4.99 Å². The first-order chi connectivity index (χ1) is 9.80. The smallest absolute Gasteiger partial charge is 0.213 e. The van der Waals surface area contributed by atoms with Crippen LogP contribution in [0.15, 0.2) is 36.0 Å². The van der Waals surface area contributed by atoms with Gasteiger partial charge >= 0.3 is 0 Å². The van der Waals surface area contributed by atoms with Crippen LogP contribution in [0.2, 0.25) is 0 Å². The molecule has 0 aliphatic heterocycles. The van der Waals surface area contributed by atoms with Gasteiger partial charge in [-0.3, -0.25) is 0 Å². The fourth-order valence-electron chi connectivity index (χ4n) is 1.48. The Kier molecular flexibility index (Phi) is 7.87. The average Bonchev–Trinajstić information content (AvgIpc) is 2.49. The molecule has 0 bridgehead atoms. The molecule has 0 spiro atoms. The number of guanidine groups is 1. The standard InChI is InChI=1S/C15H24N4O/c1-4-9-17-15(16-6-3)19-12-13-7-8-14(18-11-13)20-10-5-2/h4,7-8,11H,1,5-6,9-10,12H2,2-3H3,(H2,16,17,19). The Balaban J connectivity index is 2.54. The third-order valence-corrected chi connectivity index (χ3v) is 2.43. The van der Waals surface area contributed by atoms with E-state index in [-0.39, 0.29) is 0 Å². The van der Waals surface area contributed by atoms with Gasteiger partial charge < -0.3 is 15.4 Å². The number of aliphatic imine (C=N–C) groups is 1. The number of pyridine rings is 1. The molecule has 1 heterocycles. The van der Waals surface area contributed by atoms with Gasteiger partial charge in [-0.15, -0.1) is 6.58 Å². The van der Waals surface area contributed by atoms with E-state index < -0.39 is 0 Å². The molecule has 1 aromatic rings. The summed E-state index contributed by atoms with van der Waals surface area (Å²) in [4.78, 5) is 8.73. The molecule has 2 N–H and O–H groups in total.